The second-order valence-electron chi connectivity index (χ2n) is 4.48. The van der Waals surface area contributed by atoms with Gasteiger partial charge in [0.2, 0.25) is 0 Å². The molecule has 0 saturated heterocycles. The molecule has 2 aromatic rings. The normalized spacial score (nSPS) is 10.5. The summed E-state index contributed by atoms with van der Waals surface area (Å²) in [6, 6.07) is 13.5. The highest BCUT2D eigenvalue weighted by molar-refractivity contribution is 6.04. The van der Waals surface area contributed by atoms with Crippen LogP contribution in [0.5, 0.6) is 0 Å². The van der Waals surface area contributed by atoms with Crippen molar-refractivity contribution in [2.75, 3.05) is 5.32 Å². The van der Waals surface area contributed by atoms with E-state index in [2.05, 4.69) is 5.32 Å². The summed E-state index contributed by atoms with van der Waals surface area (Å²) in [5.41, 5.74) is 1.95. The quantitative estimate of drug-likeness (QED) is 0.392. The maximum atomic E-state index is 11.9. The number of benzene rings is 2. The molecular weight excluding hydrogens is 268 g/mol. The number of aryl methyl sites for hydroxylation is 1. The van der Waals surface area contributed by atoms with Crippen LogP contribution in [0.25, 0.3) is 0 Å². The number of hydrogen-bond acceptors (Lipinski definition) is 4. The van der Waals surface area contributed by atoms with Crippen LogP contribution in [0.2, 0.25) is 0 Å². The number of nitrogens with zero attached hydrogens (tertiary/aromatic N) is 1. The molecule has 0 aromatic heterocycles. The lowest BCUT2D eigenvalue weighted by atomic mass is 10.1. The number of ketones is 1. The summed E-state index contributed by atoms with van der Waals surface area (Å²) >= 11 is 0. The molecule has 2 aromatic carbocycles. The average molecular weight is 282 g/mol. The lowest BCUT2D eigenvalue weighted by molar-refractivity contribution is -0.383. The molecule has 0 aliphatic heterocycles. The number of hydrogen-bond donors (Lipinski definition) is 1. The summed E-state index contributed by atoms with van der Waals surface area (Å²) in [5, 5.41) is 13.6. The Labute approximate surface area is 122 Å². The van der Waals surface area contributed by atoms with Gasteiger partial charge < -0.3 is 5.32 Å². The number of para-hydroxylation sites is 2. The SMILES string of the molecule is Cc1ccc(C(=O)/C=C\Nc2ccccc2[N+](=O)[O-])cc1. The van der Waals surface area contributed by atoms with E-state index < -0.39 is 4.92 Å². The monoisotopic (exact) mass is 282 g/mol. The van der Waals surface area contributed by atoms with E-state index >= 15 is 0 Å². The number of nitro benzene ring substituents is 1. The maximum Gasteiger partial charge on any atom is 0.292 e. The topological polar surface area (TPSA) is 72.2 Å². The third-order valence-corrected chi connectivity index (χ3v) is 2.91. The lowest BCUT2D eigenvalue weighted by Crippen LogP contribution is -1.98. The first-order chi connectivity index (χ1) is 10.1. The second kappa shape index (κ2) is 6.47. The van der Waals surface area contributed by atoms with Gasteiger partial charge in [-0.2, -0.15) is 0 Å². The molecule has 0 unspecified atom stereocenters. The lowest BCUT2D eigenvalue weighted by Gasteiger charge is -2.01. The van der Waals surface area contributed by atoms with Crippen molar-refractivity contribution < 1.29 is 9.72 Å². The number of nitrogens with one attached hydrogen (secondary N) is 1. The van der Waals surface area contributed by atoms with Crippen molar-refractivity contribution in [1.82, 2.24) is 0 Å². The molecular formula is C16H14N2O3. The highest BCUT2D eigenvalue weighted by Gasteiger charge is 2.10. The predicted octanol–water partition coefficient (Wildman–Crippen LogP) is 3.71. The molecule has 2 rings (SSSR count). The van der Waals surface area contributed by atoms with E-state index in [0.717, 1.165) is 5.56 Å². The van der Waals surface area contributed by atoms with Crippen LogP contribution >= 0.6 is 0 Å². The van der Waals surface area contributed by atoms with E-state index in [4.69, 9.17) is 0 Å². The molecule has 0 amide bonds. The van der Waals surface area contributed by atoms with Crippen LogP contribution in [0.3, 0.4) is 0 Å². The summed E-state index contributed by atoms with van der Waals surface area (Å²) in [4.78, 5) is 22.3. The molecule has 0 saturated carbocycles. The molecule has 5 nitrogen and oxygen atoms in total. The highest BCUT2D eigenvalue weighted by atomic mass is 16.6. The Kier molecular flexibility index (Phi) is 4.46. The van der Waals surface area contributed by atoms with E-state index in [1.165, 1.54) is 18.3 Å². The van der Waals surface area contributed by atoms with Crippen LogP contribution < -0.4 is 5.32 Å². The summed E-state index contributed by atoms with van der Waals surface area (Å²) in [6.07, 6.45) is 2.76. The Morgan fingerprint density at radius 3 is 2.48 bits per heavy atom. The third-order valence-electron chi connectivity index (χ3n) is 2.91. The minimum absolute atomic E-state index is 0.0371. The van der Waals surface area contributed by atoms with Crippen molar-refractivity contribution in [2.24, 2.45) is 0 Å². The molecule has 0 aliphatic carbocycles. The number of carbonyl (C=O) groups is 1. The Morgan fingerprint density at radius 2 is 1.81 bits per heavy atom. The van der Waals surface area contributed by atoms with Crippen molar-refractivity contribution in [3.8, 4) is 0 Å². The van der Waals surface area contributed by atoms with Crippen molar-refractivity contribution in [1.29, 1.82) is 0 Å². The van der Waals surface area contributed by atoms with E-state index in [0.29, 0.717) is 11.3 Å². The highest BCUT2D eigenvalue weighted by Crippen LogP contribution is 2.22. The summed E-state index contributed by atoms with van der Waals surface area (Å²) < 4.78 is 0. The first-order valence-electron chi connectivity index (χ1n) is 6.35. The van der Waals surface area contributed by atoms with Crippen LogP contribution in [0.15, 0.2) is 60.8 Å². The fraction of sp³-hybridized carbons (Fsp3) is 0.0625. The Morgan fingerprint density at radius 1 is 1.14 bits per heavy atom. The van der Waals surface area contributed by atoms with Gasteiger partial charge >= 0.3 is 0 Å². The van der Waals surface area contributed by atoms with Crippen LogP contribution in [0.4, 0.5) is 11.4 Å². The van der Waals surface area contributed by atoms with Crippen LogP contribution in [0.1, 0.15) is 15.9 Å². The van der Waals surface area contributed by atoms with Gasteiger partial charge in [-0.25, -0.2) is 0 Å². The van der Waals surface area contributed by atoms with E-state index in [1.807, 2.05) is 19.1 Å². The smallest absolute Gasteiger partial charge is 0.292 e. The van der Waals surface area contributed by atoms with Crippen molar-refractivity contribution in [3.05, 3.63) is 82.0 Å². The zero-order valence-electron chi connectivity index (χ0n) is 11.4. The zero-order valence-corrected chi connectivity index (χ0v) is 11.4. The molecule has 0 bridgehead atoms. The van der Waals surface area contributed by atoms with Crippen molar-refractivity contribution >= 4 is 17.2 Å². The zero-order chi connectivity index (χ0) is 15.2. The van der Waals surface area contributed by atoms with Gasteiger partial charge in [-0.3, -0.25) is 14.9 Å². The van der Waals surface area contributed by atoms with Gasteiger partial charge in [-0.05, 0) is 13.0 Å². The molecule has 0 heterocycles. The molecule has 0 atom stereocenters. The van der Waals surface area contributed by atoms with Crippen LogP contribution in [0, 0.1) is 17.0 Å². The van der Waals surface area contributed by atoms with Gasteiger partial charge in [0.05, 0.1) is 4.92 Å². The third kappa shape index (κ3) is 3.76. The molecule has 21 heavy (non-hydrogen) atoms. The largest absolute Gasteiger partial charge is 0.356 e. The fourth-order valence-electron chi connectivity index (χ4n) is 1.78. The number of carbonyl (C=O) groups excluding carboxylic acids is 1. The Balaban J connectivity index is 2.07. The van der Waals surface area contributed by atoms with E-state index in [-0.39, 0.29) is 11.5 Å². The molecule has 0 aliphatic rings. The number of allylic oxidation sites excluding steroid dienone is 1. The maximum absolute atomic E-state index is 11.9. The average Bonchev–Trinajstić information content (AvgIpc) is 2.48. The molecule has 0 radical (unpaired) electrons. The molecule has 1 N–H and O–H groups in total. The molecule has 0 spiro atoms. The van der Waals surface area contributed by atoms with E-state index in [1.54, 1.807) is 30.3 Å². The standard InChI is InChI=1S/C16H14N2O3/c1-12-6-8-13(9-7-12)16(19)10-11-17-14-4-2-3-5-15(14)18(20)21/h2-11,17H,1H3/b11-10-. The molecule has 5 heteroatoms. The van der Waals surface area contributed by atoms with Gasteiger partial charge in [-0.15, -0.1) is 0 Å². The van der Waals surface area contributed by atoms with Gasteiger partial charge in [-0.1, -0.05) is 42.0 Å². The van der Waals surface area contributed by atoms with Crippen LogP contribution in [-0.2, 0) is 0 Å². The first-order valence-corrected chi connectivity index (χ1v) is 6.35. The van der Waals surface area contributed by atoms with Crippen molar-refractivity contribution in [2.45, 2.75) is 6.92 Å². The van der Waals surface area contributed by atoms with E-state index in [9.17, 15) is 14.9 Å². The summed E-state index contributed by atoms with van der Waals surface area (Å²) in [7, 11) is 0. The molecule has 106 valence electrons. The van der Waals surface area contributed by atoms with Gasteiger partial charge in [0.25, 0.3) is 5.69 Å². The van der Waals surface area contributed by atoms with Gasteiger partial charge in [0.15, 0.2) is 5.78 Å². The predicted molar refractivity (Wildman–Crippen MR) is 81.4 cm³/mol. The summed E-state index contributed by atoms with van der Waals surface area (Å²) in [6.45, 7) is 1.94. The molecule has 0 fully saturated rings. The Hall–Kier alpha value is -2.95. The van der Waals surface area contributed by atoms with Gasteiger partial charge in [0.1, 0.15) is 5.69 Å². The van der Waals surface area contributed by atoms with Gasteiger partial charge in [0, 0.05) is 23.9 Å². The number of rotatable bonds is 5. The minimum Gasteiger partial charge on any atom is -0.356 e. The second-order valence-corrected chi connectivity index (χ2v) is 4.48. The first kappa shape index (κ1) is 14.5. The van der Waals surface area contributed by atoms with Crippen LogP contribution in [-0.4, -0.2) is 10.7 Å². The Bertz CT molecular complexity index is 691. The number of nitro groups is 1. The summed E-state index contributed by atoms with van der Waals surface area (Å²) in [5.74, 6) is -0.166. The number of anilines is 1. The van der Waals surface area contributed by atoms with Crippen molar-refractivity contribution in [3.63, 3.8) is 0 Å². The fourth-order valence-corrected chi connectivity index (χ4v) is 1.78. The minimum atomic E-state index is -0.474.